The van der Waals surface area contributed by atoms with Crippen LogP contribution in [0.4, 0.5) is 0 Å². The molecule has 3 aromatic rings. The van der Waals surface area contributed by atoms with Crippen LogP contribution in [0.3, 0.4) is 0 Å². The predicted octanol–water partition coefficient (Wildman–Crippen LogP) is 3.41. The lowest BCUT2D eigenvalue weighted by molar-refractivity contribution is 0.0948. The third kappa shape index (κ3) is 7.30. The van der Waals surface area contributed by atoms with Crippen molar-refractivity contribution in [2.45, 2.75) is 6.92 Å². The molecule has 1 amide bonds. The van der Waals surface area contributed by atoms with Gasteiger partial charge >= 0.3 is 5.63 Å². The molecule has 0 saturated carbocycles. The molecule has 10 heteroatoms. The summed E-state index contributed by atoms with van der Waals surface area (Å²) in [5.41, 5.74) is 0.480. The minimum absolute atomic E-state index is 0.0131. The molecule has 3 rings (SSSR count). The van der Waals surface area contributed by atoms with E-state index in [1.54, 1.807) is 36.4 Å². The van der Waals surface area contributed by atoms with E-state index >= 15 is 0 Å². The maximum absolute atomic E-state index is 12.8. The average molecular weight is 621 g/mol. The summed E-state index contributed by atoms with van der Waals surface area (Å²) in [6.45, 7) is 6.24. The SMILES string of the molecule is CCN(CCI)CCNC(=O)c1ccc(-c2cc3cc(OCCN(C)C)c(O)c(C=O)c3oc2=O)cc1. The molecule has 0 saturated heterocycles. The molecule has 9 nitrogen and oxygen atoms in total. The van der Waals surface area contributed by atoms with E-state index in [0.717, 1.165) is 24.1 Å². The quantitative estimate of drug-likeness (QED) is 0.129. The van der Waals surface area contributed by atoms with E-state index in [2.05, 4.69) is 39.7 Å². The molecule has 0 atom stereocenters. The number of amides is 1. The molecule has 0 aliphatic heterocycles. The van der Waals surface area contributed by atoms with Gasteiger partial charge in [-0.25, -0.2) is 4.79 Å². The topological polar surface area (TPSA) is 112 Å². The number of nitrogens with one attached hydrogen (secondary N) is 1. The molecule has 1 aromatic heterocycles. The molecule has 0 spiro atoms. The Morgan fingerprint density at radius 1 is 1.16 bits per heavy atom. The number of fused-ring (bicyclic) bond motifs is 1. The summed E-state index contributed by atoms with van der Waals surface area (Å²) >= 11 is 2.34. The highest BCUT2D eigenvalue weighted by atomic mass is 127. The molecular weight excluding hydrogens is 589 g/mol. The Morgan fingerprint density at radius 2 is 1.89 bits per heavy atom. The van der Waals surface area contributed by atoms with Gasteiger partial charge in [0.15, 0.2) is 23.4 Å². The number of carbonyl (C=O) groups excluding carboxylic acids is 2. The summed E-state index contributed by atoms with van der Waals surface area (Å²) in [7, 11) is 3.78. The molecule has 1 heterocycles. The first-order chi connectivity index (χ1) is 17.8. The highest BCUT2D eigenvalue weighted by Gasteiger charge is 2.18. The van der Waals surface area contributed by atoms with Gasteiger partial charge in [-0.3, -0.25) is 9.59 Å². The van der Waals surface area contributed by atoms with Crippen LogP contribution in [0.25, 0.3) is 22.1 Å². The highest BCUT2D eigenvalue weighted by molar-refractivity contribution is 14.1. The first-order valence-electron chi connectivity index (χ1n) is 12.0. The molecule has 0 aliphatic carbocycles. The van der Waals surface area contributed by atoms with Crippen LogP contribution in [-0.4, -0.2) is 85.0 Å². The van der Waals surface area contributed by atoms with Gasteiger partial charge in [-0.1, -0.05) is 41.6 Å². The lowest BCUT2D eigenvalue weighted by Crippen LogP contribution is -2.35. The van der Waals surface area contributed by atoms with Gasteiger partial charge in [0.2, 0.25) is 0 Å². The van der Waals surface area contributed by atoms with Gasteiger partial charge in [0.1, 0.15) is 12.2 Å². The molecule has 0 aliphatic rings. The van der Waals surface area contributed by atoms with Gasteiger partial charge in [-0.05, 0) is 50.5 Å². The van der Waals surface area contributed by atoms with Crippen LogP contribution in [-0.2, 0) is 0 Å². The molecule has 0 unspecified atom stereocenters. The van der Waals surface area contributed by atoms with E-state index in [-0.39, 0.29) is 34.1 Å². The van der Waals surface area contributed by atoms with E-state index in [1.807, 2.05) is 19.0 Å². The van der Waals surface area contributed by atoms with Crippen LogP contribution >= 0.6 is 22.6 Å². The second-order valence-electron chi connectivity index (χ2n) is 8.73. The molecule has 0 radical (unpaired) electrons. The number of likely N-dealkylation sites (N-methyl/N-ethyl adjacent to an activating group) is 2. The van der Waals surface area contributed by atoms with E-state index < -0.39 is 5.63 Å². The summed E-state index contributed by atoms with van der Waals surface area (Å²) in [6, 6.07) is 9.79. The first kappa shape index (κ1) is 28.6. The van der Waals surface area contributed by atoms with Gasteiger partial charge in [0.25, 0.3) is 5.91 Å². The summed E-state index contributed by atoms with van der Waals surface area (Å²) in [4.78, 5) is 41.2. The largest absolute Gasteiger partial charge is 0.504 e. The van der Waals surface area contributed by atoms with Crippen molar-refractivity contribution in [1.82, 2.24) is 15.1 Å². The van der Waals surface area contributed by atoms with Crippen LogP contribution in [0.1, 0.15) is 27.6 Å². The van der Waals surface area contributed by atoms with Crippen LogP contribution in [0.2, 0.25) is 0 Å². The van der Waals surface area contributed by atoms with Crippen molar-refractivity contribution in [2.75, 3.05) is 57.9 Å². The number of hydrogen-bond donors (Lipinski definition) is 2. The second-order valence-corrected chi connectivity index (χ2v) is 9.81. The number of carbonyl (C=O) groups is 2. The second kappa shape index (κ2) is 13.5. The number of phenolic OH excluding ortho intramolecular Hbond substituents is 1. The zero-order valence-corrected chi connectivity index (χ0v) is 23.4. The number of rotatable bonds is 13. The fourth-order valence-corrected chi connectivity index (χ4v) is 4.47. The number of phenols is 1. The molecule has 0 bridgehead atoms. The lowest BCUT2D eigenvalue weighted by Gasteiger charge is -2.19. The van der Waals surface area contributed by atoms with Crippen molar-refractivity contribution in [3.63, 3.8) is 0 Å². The lowest BCUT2D eigenvalue weighted by atomic mass is 10.0. The highest BCUT2D eigenvalue weighted by Crippen LogP contribution is 2.36. The number of hydrogen-bond acceptors (Lipinski definition) is 8. The maximum atomic E-state index is 12.8. The van der Waals surface area contributed by atoms with Crippen LogP contribution in [0, 0.1) is 0 Å². The molecule has 2 aromatic carbocycles. The number of alkyl halides is 1. The van der Waals surface area contributed by atoms with E-state index in [4.69, 9.17) is 9.15 Å². The van der Waals surface area contributed by atoms with E-state index in [9.17, 15) is 19.5 Å². The Morgan fingerprint density at radius 3 is 2.51 bits per heavy atom. The third-order valence-electron chi connectivity index (χ3n) is 5.93. The fourth-order valence-electron chi connectivity index (χ4n) is 3.79. The third-order valence-corrected chi connectivity index (χ3v) is 6.41. The minimum atomic E-state index is -0.664. The minimum Gasteiger partial charge on any atom is -0.504 e. The van der Waals surface area contributed by atoms with E-state index in [1.165, 1.54) is 0 Å². The Kier molecular flexibility index (Phi) is 10.5. The molecule has 37 heavy (non-hydrogen) atoms. The molecule has 0 fully saturated rings. The maximum Gasteiger partial charge on any atom is 0.344 e. The number of benzene rings is 2. The smallest absolute Gasteiger partial charge is 0.344 e. The number of halogens is 1. The molecule has 198 valence electrons. The zero-order valence-electron chi connectivity index (χ0n) is 21.3. The van der Waals surface area contributed by atoms with Crippen LogP contribution in [0.15, 0.2) is 45.6 Å². The predicted molar refractivity (Wildman–Crippen MR) is 152 cm³/mol. The number of ether oxygens (including phenoxy) is 1. The molecule has 2 N–H and O–H groups in total. The van der Waals surface area contributed by atoms with Crippen molar-refractivity contribution in [3.05, 3.63) is 57.9 Å². The Balaban J connectivity index is 1.83. The summed E-state index contributed by atoms with van der Waals surface area (Å²) in [5.74, 6) is -0.430. The van der Waals surface area contributed by atoms with Crippen molar-refractivity contribution < 1.29 is 23.8 Å². The van der Waals surface area contributed by atoms with Crippen LogP contribution < -0.4 is 15.7 Å². The van der Waals surface area contributed by atoms with Crippen molar-refractivity contribution in [2.24, 2.45) is 0 Å². The van der Waals surface area contributed by atoms with Gasteiger partial charge in [-0.2, -0.15) is 0 Å². The van der Waals surface area contributed by atoms with Crippen molar-refractivity contribution in [3.8, 4) is 22.6 Å². The van der Waals surface area contributed by atoms with Gasteiger partial charge in [-0.15, -0.1) is 0 Å². The normalized spacial score (nSPS) is 11.3. The van der Waals surface area contributed by atoms with Gasteiger partial charge in [0.05, 0.1) is 5.56 Å². The number of aldehydes is 1. The van der Waals surface area contributed by atoms with Gasteiger partial charge < -0.3 is 29.4 Å². The van der Waals surface area contributed by atoms with E-state index in [0.29, 0.717) is 42.5 Å². The van der Waals surface area contributed by atoms with Gasteiger partial charge in [0, 0.05) is 41.6 Å². The average Bonchev–Trinajstić information content (AvgIpc) is 2.88. The summed E-state index contributed by atoms with van der Waals surface area (Å²) < 4.78 is 12.1. The Labute approximate surface area is 229 Å². The summed E-state index contributed by atoms with van der Waals surface area (Å²) in [6.07, 6.45) is 0.439. The Hall–Kier alpha value is -2.96. The zero-order chi connectivity index (χ0) is 26.9. The molecular formula is C27H32IN3O6. The van der Waals surface area contributed by atoms with Crippen molar-refractivity contribution >= 4 is 45.8 Å². The Bertz CT molecular complexity index is 1290. The monoisotopic (exact) mass is 621 g/mol. The number of aromatic hydroxyl groups is 1. The standard InChI is InChI=1S/C27H32IN3O6/c1-4-31(11-9-28)12-10-29-26(34)19-7-5-18(6-8-19)21-15-20-16-23(36-14-13-30(2)3)24(33)22(17-32)25(20)37-27(21)35/h5-8,15-17,33H,4,9-14H2,1-3H3,(H,29,34). The number of nitrogens with zero attached hydrogens (tertiary/aromatic N) is 2. The first-order valence-corrected chi connectivity index (χ1v) is 13.5. The summed E-state index contributed by atoms with van der Waals surface area (Å²) in [5, 5.41) is 13.8. The van der Waals surface area contributed by atoms with Crippen LogP contribution in [0.5, 0.6) is 11.5 Å². The fraction of sp³-hybridized carbons (Fsp3) is 0.370. The van der Waals surface area contributed by atoms with Crippen molar-refractivity contribution in [1.29, 1.82) is 0 Å².